The average Bonchev–Trinajstić information content (AvgIpc) is 3.21. The Balaban J connectivity index is 1.56. The van der Waals surface area contributed by atoms with Gasteiger partial charge in [-0.1, -0.05) is 78.0 Å². The molecule has 1 N–H and O–H groups in total. The normalized spacial score (nSPS) is 10.8. The minimum atomic E-state index is 0.0724. The summed E-state index contributed by atoms with van der Waals surface area (Å²) in [5.74, 6) is 1.17. The molecule has 0 unspecified atom stereocenters. The van der Waals surface area contributed by atoms with Gasteiger partial charge in [0.15, 0.2) is 16.8 Å². The molecule has 0 radical (unpaired) electrons. The summed E-state index contributed by atoms with van der Waals surface area (Å²) in [5.41, 5.74) is 5.17. The van der Waals surface area contributed by atoms with Gasteiger partial charge < -0.3 is 5.32 Å². The van der Waals surface area contributed by atoms with E-state index in [1.54, 1.807) is 0 Å². The molecule has 0 saturated heterocycles. The van der Waals surface area contributed by atoms with E-state index in [0.29, 0.717) is 23.0 Å². The number of nitrogens with zero attached hydrogens (tertiary/aromatic N) is 3. The number of rotatable bonds is 8. The molecule has 6 heteroatoms. The van der Waals surface area contributed by atoms with Crippen LogP contribution < -0.4 is 5.32 Å². The van der Waals surface area contributed by atoms with Crippen LogP contribution in [-0.2, 0) is 6.54 Å². The molecule has 0 bridgehead atoms. The number of hydrogen-bond donors (Lipinski definition) is 1. The summed E-state index contributed by atoms with van der Waals surface area (Å²) < 4.78 is 2.01. The van der Waals surface area contributed by atoms with Crippen LogP contribution in [0.2, 0.25) is 0 Å². The van der Waals surface area contributed by atoms with Gasteiger partial charge in [-0.3, -0.25) is 9.36 Å². The molecule has 31 heavy (non-hydrogen) atoms. The first-order valence-electron chi connectivity index (χ1n) is 10.1. The molecule has 3 aromatic carbocycles. The van der Waals surface area contributed by atoms with Crippen molar-refractivity contribution in [2.24, 2.45) is 0 Å². The zero-order valence-corrected chi connectivity index (χ0v) is 18.4. The van der Waals surface area contributed by atoms with Crippen LogP contribution in [0.3, 0.4) is 0 Å². The SMILES string of the molecule is Cc1ccc(NCc2nnc(SCC(=O)c3ccccc3)n2-c2ccccc2)c(C)c1. The first kappa shape index (κ1) is 20.9. The summed E-state index contributed by atoms with van der Waals surface area (Å²) in [6.45, 7) is 4.70. The van der Waals surface area contributed by atoms with Crippen LogP contribution >= 0.6 is 11.8 Å². The minimum absolute atomic E-state index is 0.0724. The Morgan fingerprint density at radius 3 is 2.35 bits per heavy atom. The third-order valence-corrected chi connectivity index (χ3v) is 5.89. The number of hydrogen-bond acceptors (Lipinski definition) is 5. The van der Waals surface area contributed by atoms with Gasteiger partial charge in [0.1, 0.15) is 0 Å². The van der Waals surface area contributed by atoms with Gasteiger partial charge in [0.2, 0.25) is 0 Å². The van der Waals surface area contributed by atoms with Crippen molar-refractivity contribution in [1.82, 2.24) is 14.8 Å². The summed E-state index contributed by atoms with van der Waals surface area (Å²) >= 11 is 1.40. The molecular weight excluding hydrogens is 404 g/mol. The van der Waals surface area contributed by atoms with E-state index in [9.17, 15) is 4.79 Å². The number of aryl methyl sites for hydroxylation is 2. The molecule has 4 aromatic rings. The Morgan fingerprint density at radius 2 is 1.65 bits per heavy atom. The molecule has 1 aromatic heterocycles. The number of carbonyl (C=O) groups is 1. The monoisotopic (exact) mass is 428 g/mol. The molecule has 0 spiro atoms. The second kappa shape index (κ2) is 9.62. The summed E-state index contributed by atoms with van der Waals surface area (Å²) in [6.07, 6.45) is 0. The topological polar surface area (TPSA) is 59.8 Å². The predicted molar refractivity (Wildman–Crippen MR) is 126 cm³/mol. The Labute approximate surface area is 186 Å². The third-order valence-electron chi connectivity index (χ3n) is 4.96. The molecule has 4 rings (SSSR count). The quantitative estimate of drug-likeness (QED) is 0.298. The van der Waals surface area contributed by atoms with E-state index in [0.717, 1.165) is 17.2 Å². The fraction of sp³-hybridized carbons (Fsp3) is 0.160. The van der Waals surface area contributed by atoms with E-state index in [-0.39, 0.29) is 5.78 Å². The number of para-hydroxylation sites is 1. The van der Waals surface area contributed by atoms with Gasteiger partial charge in [-0.15, -0.1) is 10.2 Å². The first-order chi connectivity index (χ1) is 15.1. The van der Waals surface area contributed by atoms with Crippen LogP contribution in [0, 0.1) is 13.8 Å². The molecule has 156 valence electrons. The van der Waals surface area contributed by atoms with Gasteiger partial charge in [-0.05, 0) is 37.6 Å². The largest absolute Gasteiger partial charge is 0.378 e. The standard InChI is InChI=1S/C25H24N4OS/c1-18-13-14-22(19(2)15-18)26-16-24-27-28-25(29(24)21-11-7-4-8-12-21)31-17-23(30)20-9-5-3-6-10-20/h3-15,26H,16-17H2,1-2H3. The van der Waals surface area contributed by atoms with E-state index in [1.807, 2.05) is 65.2 Å². The van der Waals surface area contributed by atoms with Crippen molar-refractivity contribution in [3.05, 3.63) is 101 Å². The summed E-state index contributed by atoms with van der Waals surface area (Å²) in [6, 6.07) is 25.7. The number of thioether (sulfide) groups is 1. The van der Waals surface area contributed by atoms with Crippen molar-refractivity contribution >= 4 is 23.2 Å². The number of aromatic nitrogens is 3. The number of nitrogens with one attached hydrogen (secondary N) is 1. The minimum Gasteiger partial charge on any atom is -0.378 e. The molecular formula is C25H24N4OS. The van der Waals surface area contributed by atoms with Crippen LogP contribution in [0.4, 0.5) is 5.69 Å². The van der Waals surface area contributed by atoms with Crippen LogP contribution in [0.25, 0.3) is 5.69 Å². The van der Waals surface area contributed by atoms with Gasteiger partial charge in [0.25, 0.3) is 0 Å². The lowest BCUT2D eigenvalue weighted by molar-refractivity contribution is 0.102. The lowest BCUT2D eigenvalue weighted by Crippen LogP contribution is -2.10. The lowest BCUT2D eigenvalue weighted by Gasteiger charge is -2.13. The molecule has 0 saturated carbocycles. The zero-order valence-electron chi connectivity index (χ0n) is 17.6. The number of anilines is 1. The highest BCUT2D eigenvalue weighted by molar-refractivity contribution is 7.99. The van der Waals surface area contributed by atoms with E-state index in [2.05, 4.69) is 47.6 Å². The Hall–Kier alpha value is -3.38. The fourth-order valence-electron chi connectivity index (χ4n) is 3.37. The highest BCUT2D eigenvalue weighted by atomic mass is 32.2. The van der Waals surface area contributed by atoms with Crippen LogP contribution in [0.15, 0.2) is 84.0 Å². The number of benzene rings is 3. The maximum absolute atomic E-state index is 12.6. The van der Waals surface area contributed by atoms with Crippen molar-refractivity contribution in [1.29, 1.82) is 0 Å². The Bertz CT molecular complexity index is 1170. The van der Waals surface area contributed by atoms with Crippen molar-refractivity contribution in [2.45, 2.75) is 25.5 Å². The van der Waals surface area contributed by atoms with Gasteiger partial charge in [0.05, 0.1) is 12.3 Å². The van der Waals surface area contributed by atoms with E-state index < -0.39 is 0 Å². The van der Waals surface area contributed by atoms with Crippen LogP contribution in [0.1, 0.15) is 27.3 Å². The molecule has 0 aliphatic heterocycles. The van der Waals surface area contributed by atoms with Crippen molar-refractivity contribution in [3.63, 3.8) is 0 Å². The van der Waals surface area contributed by atoms with E-state index in [1.165, 1.54) is 22.9 Å². The van der Waals surface area contributed by atoms with Gasteiger partial charge in [-0.25, -0.2) is 0 Å². The third kappa shape index (κ3) is 5.03. The fourth-order valence-corrected chi connectivity index (χ4v) is 4.23. The molecule has 1 heterocycles. The molecule has 0 aliphatic rings. The predicted octanol–water partition coefficient (Wildman–Crippen LogP) is 5.47. The average molecular weight is 429 g/mol. The number of ketones is 1. The summed E-state index contributed by atoms with van der Waals surface area (Å²) in [5, 5.41) is 13.0. The maximum Gasteiger partial charge on any atom is 0.196 e. The van der Waals surface area contributed by atoms with E-state index >= 15 is 0 Å². The molecule has 0 atom stereocenters. The van der Waals surface area contributed by atoms with Crippen molar-refractivity contribution < 1.29 is 4.79 Å². The zero-order chi connectivity index (χ0) is 21.6. The molecule has 5 nitrogen and oxygen atoms in total. The number of Topliss-reactive ketones (excluding diaryl/α,β-unsaturated/α-hetero) is 1. The van der Waals surface area contributed by atoms with Gasteiger partial charge in [0, 0.05) is 16.9 Å². The highest BCUT2D eigenvalue weighted by Crippen LogP contribution is 2.24. The second-order valence-corrected chi connectivity index (χ2v) is 8.26. The summed E-state index contributed by atoms with van der Waals surface area (Å²) in [7, 11) is 0. The molecule has 0 aliphatic carbocycles. The smallest absolute Gasteiger partial charge is 0.196 e. The van der Waals surface area contributed by atoms with E-state index in [4.69, 9.17) is 0 Å². The van der Waals surface area contributed by atoms with Crippen LogP contribution in [-0.4, -0.2) is 26.3 Å². The maximum atomic E-state index is 12.6. The van der Waals surface area contributed by atoms with Crippen LogP contribution in [0.5, 0.6) is 0 Å². The van der Waals surface area contributed by atoms with Gasteiger partial charge in [-0.2, -0.15) is 0 Å². The lowest BCUT2D eigenvalue weighted by atomic mass is 10.1. The second-order valence-electron chi connectivity index (χ2n) is 7.32. The first-order valence-corrected chi connectivity index (χ1v) is 11.1. The Morgan fingerprint density at radius 1 is 0.935 bits per heavy atom. The van der Waals surface area contributed by atoms with Crippen molar-refractivity contribution in [3.8, 4) is 5.69 Å². The molecule has 0 amide bonds. The summed E-state index contributed by atoms with van der Waals surface area (Å²) in [4.78, 5) is 12.6. The Kier molecular flexibility index (Phi) is 6.48. The van der Waals surface area contributed by atoms with Crippen molar-refractivity contribution in [2.75, 3.05) is 11.1 Å². The van der Waals surface area contributed by atoms with Gasteiger partial charge >= 0.3 is 0 Å². The highest BCUT2D eigenvalue weighted by Gasteiger charge is 2.16. The molecule has 0 fully saturated rings. The number of carbonyl (C=O) groups excluding carboxylic acids is 1.